The molecule has 7 heteroatoms. The molecule has 0 aliphatic heterocycles. The Balaban J connectivity index is 5.06. The van der Waals surface area contributed by atoms with Crippen LogP contribution < -0.4 is 0 Å². The molecule has 0 aromatic rings. The van der Waals surface area contributed by atoms with Crippen LogP contribution in [0.1, 0.15) is 41.5 Å². The van der Waals surface area contributed by atoms with Gasteiger partial charge in [0.1, 0.15) is 0 Å². The fourth-order valence-electron chi connectivity index (χ4n) is 2.31. The molecule has 0 rings (SSSR count). The molecule has 0 fully saturated rings. The number of hydrogen-bond acceptors (Lipinski definition) is 4. The first kappa shape index (κ1) is 20.8. The largest absolute Gasteiger partial charge is 0.468 e. The Morgan fingerprint density at radius 3 is 1.41 bits per heavy atom. The zero-order chi connectivity index (χ0) is 17.3. The van der Waals surface area contributed by atoms with Gasteiger partial charge in [-0.1, -0.05) is 13.8 Å². The molecular formula is C15H32N2O4Si. The number of rotatable bonds is 8. The quantitative estimate of drug-likeness (QED) is 0.636. The first-order chi connectivity index (χ1) is 10.2. The van der Waals surface area contributed by atoms with Crippen LogP contribution in [-0.2, 0) is 8.85 Å². The van der Waals surface area contributed by atoms with Gasteiger partial charge in [0, 0.05) is 38.8 Å². The van der Waals surface area contributed by atoms with E-state index < -0.39 is 20.7 Å². The first-order valence-corrected chi connectivity index (χ1v) is 10.7. The Bertz CT molecular complexity index is 329. The van der Waals surface area contributed by atoms with E-state index in [1.807, 2.05) is 41.5 Å². The molecule has 0 aromatic heterocycles. The van der Waals surface area contributed by atoms with Gasteiger partial charge in [0.15, 0.2) is 0 Å². The summed E-state index contributed by atoms with van der Waals surface area (Å²) in [6.07, 6.45) is -0.792. The second-order valence-corrected chi connectivity index (χ2v) is 8.90. The number of nitrogens with zero attached hydrogens (tertiary/aromatic N) is 2. The minimum atomic E-state index is -2.91. The topological polar surface area (TPSA) is 59.1 Å². The molecule has 22 heavy (non-hydrogen) atoms. The summed E-state index contributed by atoms with van der Waals surface area (Å²) in [7, 11) is -2.91. The van der Waals surface area contributed by atoms with Gasteiger partial charge in [-0.3, -0.25) is 0 Å². The van der Waals surface area contributed by atoms with Gasteiger partial charge >= 0.3 is 20.7 Å². The van der Waals surface area contributed by atoms with E-state index in [1.165, 1.54) is 0 Å². The van der Waals surface area contributed by atoms with Gasteiger partial charge in [-0.2, -0.15) is 0 Å². The molecule has 0 atom stereocenters. The SMILES string of the molecule is CCN(CC)C(=O)O[Si](C)(CC(C)C)OC(=O)N(CC)CC. The highest BCUT2D eigenvalue weighted by molar-refractivity contribution is 6.69. The zero-order valence-electron chi connectivity index (χ0n) is 15.1. The van der Waals surface area contributed by atoms with Crippen molar-refractivity contribution in [3.05, 3.63) is 0 Å². The van der Waals surface area contributed by atoms with E-state index in [2.05, 4.69) is 0 Å². The van der Waals surface area contributed by atoms with Crippen LogP contribution in [0, 0.1) is 5.92 Å². The van der Waals surface area contributed by atoms with Crippen molar-refractivity contribution >= 4 is 20.7 Å². The summed E-state index contributed by atoms with van der Waals surface area (Å²) in [4.78, 5) is 27.6. The van der Waals surface area contributed by atoms with E-state index in [4.69, 9.17) is 8.85 Å². The standard InChI is InChI=1S/C15H32N2O4Si/c1-8-16(9-2)14(18)20-22(7,12-13(5)6)21-15(19)17(10-3)11-4/h13H,8-12H2,1-7H3. The van der Waals surface area contributed by atoms with E-state index in [0.29, 0.717) is 32.2 Å². The molecule has 0 spiro atoms. The lowest BCUT2D eigenvalue weighted by molar-refractivity contribution is 0.119. The van der Waals surface area contributed by atoms with Crippen LogP contribution in [0.3, 0.4) is 0 Å². The fraction of sp³-hybridized carbons (Fsp3) is 0.867. The van der Waals surface area contributed by atoms with E-state index in [9.17, 15) is 9.59 Å². The molecule has 6 nitrogen and oxygen atoms in total. The first-order valence-electron chi connectivity index (χ1n) is 8.18. The van der Waals surface area contributed by atoms with Gasteiger partial charge < -0.3 is 18.7 Å². The van der Waals surface area contributed by atoms with Crippen LogP contribution in [0.2, 0.25) is 12.6 Å². The van der Waals surface area contributed by atoms with Crippen LogP contribution in [-0.4, -0.2) is 56.7 Å². The van der Waals surface area contributed by atoms with Crippen molar-refractivity contribution in [1.29, 1.82) is 0 Å². The lowest BCUT2D eigenvalue weighted by Crippen LogP contribution is -2.49. The Morgan fingerprint density at radius 2 is 1.18 bits per heavy atom. The monoisotopic (exact) mass is 332 g/mol. The smallest absolute Gasteiger partial charge is 0.464 e. The molecule has 0 aliphatic carbocycles. The van der Waals surface area contributed by atoms with Crippen LogP contribution in [0.15, 0.2) is 0 Å². The molecule has 0 heterocycles. The minimum absolute atomic E-state index is 0.283. The van der Waals surface area contributed by atoms with Crippen molar-refractivity contribution in [3.8, 4) is 0 Å². The van der Waals surface area contributed by atoms with E-state index in [0.717, 1.165) is 0 Å². The number of carbonyl (C=O) groups excluding carboxylic acids is 2. The third-order valence-electron chi connectivity index (χ3n) is 3.43. The second kappa shape index (κ2) is 9.71. The van der Waals surface area contributed by atoms with Crippen LogP contribution in [0.4, 0.5) is 9.59 Å². The van der Waals surface area contributed by atoms with Crippen LogP contribution in [0.5, 0.6) is 0 Å². The van der Waals surface area contributed by atoms with Crippen molar-refractivity contribution in [2.45, 2.75) is 54.1 Å². The normalized spacial score (nSPS) is 11.3. The summed E-state index contributed by atoms with van der Waals surface area (Å²) in [6, 6.07) is 0.590. The van der Waals surface area contributed by atoms with Gasteiger partial charge in [0.05, 0.1) is 0 Å². The maximum absolute atomic E-state index is 12.2. The highest BCUT2D eigenvalue weighted by Gasteiger charge is 2.42. The molecule has 2 amide bonds. The molecule has 0 saturated carbocycles. The third-order valence-corrected chi connectivity index (χ3v) is 6.20. The van der Waals surface area contributed by atoms with Crippen molar-refractivity contribution in [3.63, 3.8) is 0 Å². The molecule has 0 bridgehead atoms. The summed E-state index contributed by atoms with van der Waals surface area (Å²) in [5.74, 6) is 0.283. The predicted molar refractivity (Wildman–Crippen MR) is 90.1 cm³/mol. The van der Waals surface area contributed by atoms with Gasteiger partial charge in [0.2, 0.25) is 0 Å². The molecular weight excluding hydrogens is 300 g/mol. The van der Waals surface area contributed by atoms with Crippen molar-refractivity contribution in [2.24, 2.45) is 5.92 Å². The molecule has 0 saturated heterocycles. The molecule has 0 aliphatic rings. The van der Waals surface area contributed by atoms with Crippen LogP contribution >= 0.6 is 0 Å². The molecule has 0 aromatic carbocycles. The summed E-state index contributed by atoms with van der Waals surface area (Å²) < 4.78 is 11.3. The van der Waals surface area contributed by atoms with Crippen molar-refractivity contribution < 1.29 is 18.4 Å². The second-order valence-electron chi connectivity index (χ2n) is 5.81. The Morgan fingerprint density at radius 1 is 0.864 bits per heavy atom. The number of carbonyl (C=O) groups is 2. The molecule has 0 radical (unpaired) electrons. The summed E-state index contributed by atoms with van der Waals surface area (Å²) in [6.45, 7) is 15.7. The van der Waals surface area contributed by atoms with Gasteiger partial charge in [-0.05, 0) is 33.6 Å². The van der Waals surface area contributed by atoms with Gasteiger partial charge in [-0.25, -0.2) is 9.59 Å². The fourth-order valence-corrected chi connectivity index (χ4v) is 5.00. The summed E-state index contributed by atoms with van der Waals surface area (Å²) in [5, 5.41) is 0. The molecule has 0 N–H and O–H groups in total. The van der Waals surface area contributed by atoms with Gasteiger partial charge in [-0.15, -0.1) is 0 Å². The minimum Gasteiger partial charge on any atom is -0.468 e. The average Bonchev–Trinajstić information content (AvgIpc) is 2.39. The lowest BCUT2D eigenvalue weighted by atomic mass is 10.3. The van der Waals surface area contributed by atoms with E-state index in [1.54, 1.807) is 16.3 Å². The summed E-state index contributed by atoms with van der Waals surface area (Å²) >= 11 is 0. The lowest BCUT2D eigenvalue weighted by Gasteiger charge is -2.32. The Hall–Kier alpha value is -1.24. The zero-order valence-corrected chi connectivity index (χ0v) is 16.1. The van der Waals surface area contributed by atoms with Crippen molar-refractivity contribution in [1.82, 2.24) is 9.80 Å². The molecule has 0 unspecified atom stereocenters. The maximum atomic E-state index is 12.2. The van der Waals surface area contributed by atoms with Gasteiger partial charge in [0.25, 0.3) is 0 Å². The highest BCUT2D eigenvalue weighted by Crippen LogP contribution is 2.22. The van der Waals surface area contributed by atoms with E-state index >= 15 is 0 Å². The Labute approximate surface area is 136 Å². The number of amides is 2. The molecule has 130 valence electrons. The maximum Gasteiger partial charge on any atom is 0.464 e. The number of hydrogen-bond donors (Lipinski definition) is 0. The summed E-state index contributed by atoms with van der Waals surface area (Å²) in [5.41, 5.74) is 0. The predicted octanol–water partition coefficient (Wildman–Crippen LogP) is 3.67. The Kier molecular flexibility index (Phi) is 9.16. The highest BCUT2D eigenvalue weighted by atomic mass is 28.4. The van der Waals surface area contributed by atoms with E-state index in [-0.39, 0.29) is 5.92 Å². The average molecular weight is 333 g/mol. The van der Waals surface area contributed by atoms with Crippen LogP contribution in [0.25, 0.3) is 0 Å². The third kappa shape index (κ3) is 6.68. The van der Waals surface area contributed by atoms with Crippen molar-refractivity contribution in [2.75, 3.05) is 26.2 Å².